The molecule has 0 aromatic carbocycles. The first-order chi connectivity index (χ1) is 31.3. The van der Waals surface area contributed by atoms with Gasteiger partial charge in [0.15, 0.2) is 0 Å². The standard InChI is InChI=1S/C55H104N2O7/c1-3-5-7-9-11-13-15-17-18-19-20-21-22-23-24-25-26-28-30-32-34-39-43-47-54(61)64-50(44-40-36-33-31-29-27-16-14-12-10-8-6-4-2)45-41-37-35-38-42-46-52(59)56-48-53(60)57-51(49-58)55(62)63/h19-20,50-51,58H,3-18,21-49H2,1-2H3,(H,56,59)(H,57,60)(H,62,63)/b20-19-. The summed E-state index contributed by atoms with van der Waals surface area (Å²) in [6.45, 7) is 3.53. The van der Waals surface area contributed by atoms with Crippen LogP contribution in [-0.4, -0.2) is 59.3 Å². The number of carbonyl (C=O) groups is 4. The van der Waals surface area contributed by atoms with Gasteiger partial charge in [0.05, 0.1) is 13.2 Å². The highest BCUT2D eigenvalue weighted by molar-refractivity contribution is 5.87. The molecule has 0 aromatic rings. The molecule has 0 aliphatic heterocycles. The van der Waals surface area contributed by atoms with Gasteiger partial charge in [-0.1, -0.05) is 225 Å². The third-order valence-corrected chi connectivity index (χ3v) is 12.8. The monoisotopic (exact) mass is 905 g/mol. The fourth-order valence-electron chi connectivity index (χ4n) is 8.54. The largest absolute Gasteiger partial charge is 0.480 e. The molecule has 0 aliphatic rings. The number of esters is 1. The van der Waals surface area contributed by atoms with E-state index in [9.17, 15) is 19.2 Å². The van der Waals surface area contributed by atoms with Crippen molar-refractivity contribution in [3.05, 3.63) is 12.2 Å². The fraction of sp³-hybridized carbons (Fsp3) is 0.891. The first-order valence-corrected chi connectivity index (χ1v) is 27.6. The van der Waals surface area contributed by atoms with Gasteiger partial charge in [0.25, 0.3) is 0 Å². The Morgan fingerprint density at radius 3 is 1.17 bits per heavy atom. The number of hydrogen-bond acceptors (Lipinski definition) is 6. The highest BCUT2D eigenvalue weighted by Gasteiger charge is 2.19. The molecule has 0 aromatic heterocycles. The zero-order valence-electron chi connectivity index (χ0n) is 42.1. The predicted molar refractivity (Wildman–Crippen MR) is 269 cm³/mol. The Hall–Kier alpha value is -2.42. The Balaban J connectivity index is 4.17. The van der Waals surface area contributed by atoms with Gasteiger partial charge in [0, 0.05) is 12.8 Å². The van der Waals surface area contributed by atoms with Crippen molar-refractivity contribution in [2.24, 2.45) is 0 Å². The molecule has 0 bridgehead atoms. The summed E-state index contributed by atoms with van der Waals surface area (Å²) in [5.41, 5.74) is 0. The van der Waals surface area contributed by atoms with Gasteiger partial charge in [0.2, 0.25) is 11.8 Å². The Morgan fingerprint density at radius 1 is 0.453 bits per heavy atom. The molecular weight excluding hydrogens is 801 g/mol. The second-order valence-electron chi connectivity index (χ2n) is 19.0. The van der Waals surface area contributed by atoms with E-state index < -0.39 is 24.5 Å². The van der Waals surface area contributed by atoms with Gasteiger partial charge in [-0.3, -0.25) is 14.4 Å². The summed E-state index contributed by atoms with van der Waals surface area (Å²) in [7, 11) is 0. The van der Waals surface area contributed by atoms with Crippen molar-refractivity contribution in [3.63, 3.8) is 0 Å². The molecule has 9 heteroatoms. The van der Waals surface area contributed by atoms with Crippen molar-refractivity contribution >= 4 is 23.8 Å². The van der Waals surface area contributed by atoms with E-state index in [1.807, 2.05) is 0 Å². The van der Waals surface area contributed by atoms with Gasteiger partial charge in [-0.15, -0.1) is 0 Å². The Labute approximate surface area is 394 Å². The van der Waals surface area contributed by atoms with Crippen LogP contribution < -0.4 is 10.6 Å². The van der Waals surface area contributed by atoms with Crippen molar-refractivity contribution in [2.75, 3.05) is 13.2 Å². The van der Waals surface area contributed by atoms with Crippen molar-refractivity contribution in [3.8, 4) is 0 Å². The normalized spacial score (nSPS) is 12.4. The molecule has 2 amide bonds. The number of aliphatic hydroxyl groups excluding tert-OH is 1. The number of allylic oxidation sites excluding steroid dienone is 2. The number of hydrogen-bond donors (Lipinski definition) is 4. The number of carboxylic acid groups (broad SMARTS) is 1. The van der Waals surface area contributed by atoms with Gasteiger partial charge in [0.1, 0.15) is 12.1 Å². The summed E-state index contributed by atoms with van der Waals surface area (Å²) in [5.74, 6) is -2.27. The van der Waals surface area contributed by atoms with Crippen LogP contribution in [0.2, 0.25) is 0 Å². The van der Waals surface area contributed by atoms with Crippen LogP contribution in [-0.2, 0) is 23.9 Å². The predicted octanol–water partition coefficient (Wildman–Crippen LogP) is 14.9. The minimum absolute atomic E-state index is 0.00954. The van der Waals surface area contributed by atoms with Crippen LogP contribution in [0.3, 0.4) is 0 Å². The summed E-state index contributed by atoms with van der Waals surface area (Å²) in [6.07, 6.45) is 56.9. The first kappa shape index (κ1) is 61.6. The molecule has 0 radical (unpaired) electrons. The third kappa shape index (κ3) is 46.1. The fourth-order valence-corrected chi connectivity index (χ4v) is 8.54. The Morgan fingerprint density at radius 2 is 0.797 bits per heavy atom. The summed E-state index contributed by atoms with van der Waals surface area (Å²) in [6, 6.07) is -1.38. The molecule has 2 unspecified atom stereocenters. The third-order valence-electron chi connectivity index (χ3n) is 12.8. The second-order valence-corrected chi connectivity index (χ2v) is 19.0. The first-order valence-electron chi connectivity index (χ1n) is 27.6. The van der Waals surface area contributed by atoms with E-state index in [4.69, 9.17) is 14.9 Å². The molecule has 4 N–H and O–H groups in total. The zero-order chi connectivity index (χ0) is 46.8. The molecule has 0 saturated carbocycles. The molecule has 0 spiro atoms. The number of aliphatic hydroxyl groups is 1. The van der Waals surface area contributed by atoms with Crippen molar-refractivity contribution in [1.82, 2.24) is 10.6 Å². The Kier molecular flexibility index (Phi) is 48.1. The lowest BCUT2D eigenvalue weighted by atomic mass is 10.0. The molecular formula is C55H104N2O7. The van der Waals surface area contributed by atoms with E-state index in [1.165, 1.54) is 199 Å². The summed E-state index contributed by atoms with van der Waals surface area (Å²) < 4.78 is 6.08. The van der Waals surface area contributed by atoms with E-state index >= 15 is 0 Å². The van der Waals surface area contributed by atoms with Crippen LogP contribution in [0.5, 0.6) is 0 Å². The SMILES string of the molecule is CCCCCCCCCC/C=C\CCCCCCCCCCCCCC(=O)OC(CCCCCCCCCCCCCCC)CCCCCCCC(=O)NCC(=O)NC(CO)C(=O)O. The molecule has 0 aliphatic carbocycles. The maximum absolute atomic E-state index is 12.9. The van der Waals surface area contributed by atoms with Crippen LogP contribution >= 0.6 is 0 Å². The van der Waals surface area contributed by atoms with E-state index in [-0.39, 0.29) is 24.5 Å². The number of amides is 2. The Bertz CT molecular complexity index is 1080. The van der Waals surface area contributed by atoms with Crippen molar-refractivity contribution in [2.45, 2.75) is 302 Å². The molecule has 9 nitrogen and oxygen atoms in total. The summed E-state index contributed by atoms with van der Waals surface area (Å²) in [4.78, 5) is 47.8. The maximum atomic E-state index is 12.9. The topological polar surface area (TPSA) is 142 Å². The average Bonchev–Trinajstić information content (AvgIpc) is 3.28. The quantitative estimate of drug-likeness (QED) is 0.0270. The molecule has 2 atom stereocenters. The van der Waals surface area contributed by atoms with Crippen LogP contribution in [0.4, 0.5) is 0 Å². The van der Waals surface area contributed by atoms with Gasteiger partial charge in [-0.25, -0.2) is 4.79 Å². The molecule has 376 valence electrons. The maximum Gasteiger partial charge on any atom is 0.328 e. The summed E-state index contributed by atoms with van der Waals surface area (Å²) >= 11 is 0. The molecule has 0 rings (SSSR count). The number of aliphatic carboxylic acids is 1. The minimum Gasteiger partial charge on any atom is -0.480 e. The highest BCUT2D eigenvalue weighted by Crippen LogP contribution is 2.20. The molecule has 0 fully saturated rings. The number of nitrogens with one attached hydrogen (secondary N) is 2. The number of carboxylic acids is 1. The van der Waals surface area contributed by atoms with Gasteiger partial charge >= 0.3 is 11.9 Å². The van der Waals surface area contributed by atoms with E-state index in [0.29, 0.717) is 19.3 Å². The van der Waals surface area contributed by atoms with E-state index in [2.05, 4.69) is 36.6 Å². The molecule has 0 saturated heterocycles. The van der Waals surface area contributed by atoms with Gasteiger partial charge in [-0.2, -0.15) is 0 Å². The van der Waals surface area contributed by atoms with E-state index in [1.54, 1.807) is 0 Å². The molecule has 64 heavy (non-hydrogen) atoms. The smallest absolute Gasteiger partial charge is 0.328 e. The number of ether oxygens (including phenoxy) is 1. The molecule has 0 heterocycles. The highest BCUT2D eigenvalue weighted by atomic mass is 16.5. The van der Waals surface area contributed by atoms with E-state index in [0.717, 1.165) is 57.8 Å². The van der Waals surface area contributed by atoms with Crippen molar-refractivity contribution < 1.29 is 34.1 Å². The number of carbonyl (C=O) groups excluding carboxylic acids is 3. The van der Waals surface area contributed by atoms with Crippen LogP contribution in [0.25, 0.3) is 0 Å². The van der Waals surface area contributed by atoms with Crippen LogP contribution in [0, 0.1) is 0 Å². The summed E-state index contributed by atoms with van der Waals surface area (Å²) in [5, 5.41) is 22.6. The average molecular weight is 905 g/mol. The number of unbranched alkanes of at least 4 members (excludes halogenated alkanes) is 35. The minimum atomic E-state index is -1.38. The lowest BCUT2D eigenvalue weighted by Crippen LogP contribution is -2.47. The van der Waals surface area contributed by atoms with Gasteiger partial charge in [-0.05, 0) is 64.2 Å². The number of rotatable bonds is 51. The zero-order valence-corrected chi connectivity index (χ0v) is 42.1. The lowest BCUT2D eigenvalue weighted by molar-refractivity contribution is -0.150. The second kappa shape index (κ2) is 50.0. The van der Waals surface area contributed by atoms with Gasteiger partial charge < -0.3 is 25.6 Å². The van der Waals surface area contributed by atoms with Crippen molar-refractivity contribution in [1.29, 1.82) is 0 Å². The van der Waals surface area contributed by atoms with Crippen LogP contribution in [0.1, 0.15) is 290 Å². The van der Waals surface area contributed by atoms with Crippen LogP contribution in [0.15, 0.2) is 12.2 Å². The lowest BCUT2D eigenvalue weighted by Gasteiger charge is -2.18.